The van der Waals surface area contributed by atoms with E-state index in [0.717, 1.165) is 35.5 Å². The van der Waals surface area contributed by atoms with Crippen LogP contribution in [0.2, 0.25) is 0 Å². The molecular formula is C19H26. The Kier molecular flexibility index (Phi) is 2.94. The van der Waals surface area contributed by atoms with Gasteiger partial charge in [-0.25, -0.2) is 0 Å². The third kappa shape index (κ3) is 2.14. The molecular weight excluding hydrogens is 228 g/mol. The number of rotatable bonds is 3. The number of hydrogen-bond donors (Lipinski definition) is 0. The molecule has 1 aromatic rings. The molecule has 102 valence electrons. The standard InChI is InChI=1S/C19H26/c1-13(16-5-3-2-4-6-16)7-19-17-9-14-8-15(11-17)12-18(19)10-14/h2-6,13-15,17-19H,7-12H2,1H3. The van der Waals surface area contributed by atoms with E-state index in [1.54, 1.807) is 37.7 Å². The second kappa shape index (κ2) is 4.65. The molecule has 0 saturated heterocycles. The van der Waals surface area contributed by atoms with Crippen molar-refractivity contribution in [2.24, 2.45) is 29.6 Å². The van der Waals surface area contributed by atoms with Gasteiger partial charge in [-0.05, 0) is 79.6 Å². The normalized spacial score (nSPS) is 41.4. The van der Waals surface area contributed by atoms with E-state index >= 15 is 0 Å². The van der Waals surface area contributed by atoms with Crippen molar-refractivity contribution in [2.45, 2.75) is 51.4 Å². The van der Waals surface area contributed by atoms with E-state index in [1.807, 2.05) is 0 Å². The first-order valence-corrected chi connectivity index (χ1v) is 8.34. The molecule has 19 heavy (non-hydrogen) atoms. The lowest BCUT2D eigenvalue weighted by Gasteiger charge is -2.55. The van der Waals surface area contributed by atoms with Crippen LogP contribution in [0, 0.1) is 29.6 Å². The first-order chi connectivity index (χ1) is 9.29. The van der Waals surface area contributed by atoms with Gasteiger partial charge in [0.1, 0.15) is 0 Å². The predicted molar refractivity (Wildman–Crippen MR) is 80.0 cm³/mol. The highest BCUT2D eigenvalue weighted by Crippen LogP contribution is 2.58. The summed E-state index contributed by atoms with van der Waals surface area (Å²) in [4.78, 5) is 0. The van der Waals surface area contributed by atoms with Crippen molar-refractivity contribution in [3.8, 4) is 0 Å². The van der Waals surface area contributed by atoms with E-state index in [-0.39, 0.29) is 0 Å². The van der Waals surface area contributed by atoms with Gasteiger partial charge >= 0.3 is 0 Å². The molecule has 0 spiro atoms. The first-order valence-electron chi connectivity index (χ1n) is 8.34. The van der Waals surface area contributed by atoms with Crippen LogP contribution in [0.4, 0.5) is 0 Å². The fourth-order valence-electron chi connectivity index (χ4n) is 5.75. The molecule has 1 unspecified atom stereocenters. The average Bonchev–Trinajstić information content (AvgIpc) is 2.43. The zero-order valence-electron chi connectivity index (χ0n) is 12.1. The van der Waals surface area contributed by atoms with Crippen molar-refractivity contribution in [2.75, 3.05) is 0 Å². The molecule has 0 N–H and O–H groups in total. The van der Waals surface area contributed by atoms with Gasteiger partial charge in [-0.1, -0.05) is 37.3 Å². The molecule has 0 heterocycles. The van der Waals surface area contributed by atoms with Gasteiger partial charge in [0.05, 0.1) is 0 Å². The molecule has 0 aromatic heterocycles. The lowest BCUT2D eigenvalue weighted by atomic mass is 9.50. The second-order valence-corrected chi connectivity index (χ2v) is 7.64. The Balaban J connectivity index is 1.48. The minimum atomic E-state index is 0.753. The van der Waals surface area contributed by atoms with Gasteiger partial charge in [-0.3, -0.25) is 0 Å². The highest BCUT2D eigenvalue weighted by atomic mass is 14.5. The van der Waals surface area contributed by atoms with Crippen LogP contribution in [0.15, 0.2) is 30.3 Å². The van der Waals surface area contributed by atoms with Crippen LogP contribution in [0.25, 0.3) is 0 Å². The Morgan fingerprint density at radius 1 is 0.895 bits per heavy atom. The lowest BCUT2D eigenvalue weighted by Crippen LogP contribution is -2.45. The predicted octanol–water partition coefficient (Wildman–Crippen LogP) is 5.25. The highest BCUT2D eigenvalue weighted by molar-refractivity contribution is 5.19. The topological polar surface area (TPSA) is 0 Å². The summed E-state index contributed by atoms with van der Waals surface area (Å²) in [6.45, 7) is 2.44. The molecule has 4 fully saturated rings. The van der Waals surface area contributed by atoms with Crippen LogP contribution in [-0.4, -0.2) is 0 Å². The van der Waals surface area contributed by atoms with Crippen LogP contribution in [0.3, 0.4) is 0 Å². The maximum absolute atomic E-state index is 2.44. The summed E-state index contributed by atoms with van der Waals surface area (Å²) in [6.07, 6.45) is 9.30. The molecule has 5 rings (SSSR count). The summed E-state index contributed by atoms with van der Waals surface area (Å²) in [5, 5.41) is 0. The Labute approximate surface area is 117 Å². The molecule has 4 aliphatic carbocycles. The summed E-state index contributed by atoms with van der Waals surface area (Å²) < 4.78 is 0. The summed E-state index contributed by atoms with van der Waals surface area (Å²) in [7, 11) is 0. The van der Waals surface area contributed by atoms with Gasteiger partial charge in [0.15, 0.2) is 0 Å². The third-order valence-corrected chi connectivity index (χ3v) is 6.42. The fourth-order valence-corrected chi connectivity index (χ4v) is 5.75. The Bertz CT molecular complexity index is 405. The van der Waals surface area contributed by atoms with Crippen LogP contribution in [0.1, 0.15) is 56.9 Å². The molecule has 4 aliphatic rings. The minimum absolute atomic E-state index is 0.753. The molecule has 0 aliphatic heterocycles. The molecule has 0 radical (unpaired) electrons. The smallest absolute Gasteiger partial charge is 0.0188 e. The molecule has 0 nitrogen and oxygen atoms in total. The largest absolute Gasteiger partial charge is 0.0622 e. The summed E-state index contributed by atoms with van der Waals surface area (Å²) in [5.74, 6) is 6.20. The SMILES string of the molecule is CC(CC1C2CC3CC(C2)CC1C3)c1ccccc1. The molecule has 0 amide bonds. The fraction of sp³-hybridized carbons (Fsp3) is 0.684. The molecule has 0 heteroatoms. The van der Waals surface area contributed by atoms with Crippen molar-refractivity contribution in [1.29, 1.82) is 0 Å². The van der Waals surface area contributed by atoms with Crippen LogP contribution < -0.4 is 0 Å². The molecule has 1 atom stereocenters. The monoisotopic (exact) mass is 254 g/mol. The van der Waals surface area contributed by atoms with Crippen molar-refractivity contribution >= 4 is 0 Å². The van der Waals surface area contributed by atoms with Crippen molar-refractivity contribution in [3.63, 3.8) is 0 Å². The second-order valence-electron chi connectivity index (χ2n) is 7.64. The Hall–Kier alpha value is -0.780. The summed E-state index contributed by atoms with van der Waals surface area (Å²) in [5.41, 5.74) is 1.55. The number of hydrogen-bond acceptors (Lipinski definition) is 0. The van der Waals surface area contributed by atoms with Crippen molar-refractivity contribution in [1.82, 2.24) is 0 Å². The zero-order chi connectivity index (χ0) is 12.8. The lowest BCUT2D eigenvalue weighted by molar-refractivity contribution is -0.0416. The van der Waals surface area contributed by atoms with Gasteiger partial charge in [0.25, 0.3) is 0 Å². The Morgan fingerprint density at radius 3 is 2.05 bits per heavy atom. The van der Waals surface area contributed by atoms with Gasteiger partial charge in [-0.15, -0.1) is 0 Å². The minimum Gasteiger partial charge on any atom is -0.0622 e. The Morgan fingerprint density at radius 2 is 1.47 bits per heavy atom. The molecule has 1 aromatic carbocycles. The van der Waals surface area contributed by atoms with E-state index < -0.39 is 0 Å². The maximum Gasteiger partial charge on any atom is -0.0188 e. The van der Waals surface area contributed by atoms with Gasteiger partial charge < -0.3 is 0 Å². The van der Waals surface area contributed by atoms with E-state index in [9.17, 15) is 0 Å². The van der Waals surface area contributed by atoms with Gasteiger partial charge in [-0.2, -0.15) is 0 Å². The van der Waals surface area contributed by atoms with Crippen LogP contribution in [-0.2, 0) is 0 Å². The van der Waals surface area contributed by atoms with E-state index in [2.05, 4.69) is 37.3 Å². The van der Waals surface area contributed by atoms with E-state index in [0.29, 0.717) is 0 Å². The highest BCUT2D eigenvalue weighted by Gasteiger charge is 2.48. The van der Waals surface area contributed by atoms with E-state index in [1.165, 1.54) is 6.42 Å². The number of benzene rings is 1. The van der Waals surface area contributed by atoms with Crippen molar-refractivity contribution < 1.29 is 0 Å². The maximum atomic E-state index is 2.44. The van der Waals surface area contributed by atoms with Crippen molar-refractivity contribution in [3.05, 3.63) is 35.9 Å². The van der Waals surface area contributed by atoms with E-state index in [4.69, 9.17) is 0 Å². The van der Waals surface area contributed by atoms with Crippen LogP contribution in [0.5, 0.6) is 0 Å². The zero-order valence-corrected chi connectivity index (χ0v) is 12.1. The summed E-state index contributed by atoms with van der Waals surface area (Å²) in [6, 6.07) is 11.2. The summed E-state index contributed by atoms with van der Waals surface area (Å²) >= 11 is 0. The third-order valence-electron chi connectivity index (χ3n) is 6.42. The average molecular weight is 254 g/mol. The first kappa shape index (κ1) is 12.0. The van der Waals surface area contributed by atoms with Gasteiger partial charge in [0, 0.05) is 0 Å². The van der Waals surface area contributed by atoms with Crippen LogP contribution >= 0.6 is 0 Å². The molecule has 4 saturated carbocycles. The van der Waals surface area contributed by atoms with Gasteiger partial charge in [0.2, 0.25) is 0 Å². The quantitative estimate of drug-likeness (QED) is 0.691. The molecule has 4 bridgehead atoms.